The molecule has 2 aliphatic heterocycles. The summed E-state index contributed by atoms with van der Waals surface area (Å²) in [6, 6.07) is 5.20. The highest BCUT2D eigenvalue weighted by Crippen LogP contribution is 2.26. The van der Waals surface area contributed by atoms with Crippen LogP contribution in [0.3, 0.4) is 0 Å². The second-order valence-corrected chi connectivity index (χ2v) is 6.68. The largest absolute Gasteiger partial charge is 0.340 e. The highest BCUT2D eigenvalue weighted by molar-refractivity contribution is 6.35. The van der Waals surface area contributed by atoms with Crippen molar-refractivity contribution in [3.8, 4) is 0 Å². The second kappa shape index (κ2) is 6.47. The smallest absolute Gasteiger partial charge is 0.255 e. The summed E-state index contributed by atoms with van der Waals surface area (Å²) in [6.07, 6.45) is 3.28. The van der Waals surface area contributed by atoms with E-state index in [4.69, 9.17) is 23.2 Å². The normalized spacial score (nSPS) is 19.8. The molecular weight excluding hydrogens is 323 g/mol. The SMILES string of the molecule is O=C(c1cc(Cl)ccc1Cl)N1CCC(N2CCCC2=O)CC1. The molecule has 22 heavy (non-hydrogen) atoms. The van der Waals surface area contributed by atoms with E-state index >= 15 is 0 Å². The molecule has 0 spiro atoms. The van der Waals surface area contributed by atoms with Gasteiger partial charge in [-0.05, 0) is 37.5 Å². The summed E-state index contributed by atoms with van der Waals surface area (Å²) in [5.74, 6) is 0.168. The van der Waals surface area contributed by atoms with Gasteiger partial charge in [0, 0.05) is 37.1 Å². The Bertz CT molecular complexity index is 598. The van der Waals surface area contributed by atoms with Gasteiger partial charge in [0.1, 0.15) is 0 Å². The Morgan fingerprint density at radius 1 is 1.14 bits per heavy atom. The van der Waals surface area contributed by atoms with Gasteiger partial charge in [0.2, 0.25) is 5.91 Å². The Morgan fingerprint density at radius 3 is 2.50 bits per heavy atom. The lowest BCUT2D eigenvalue weighted by Crippen LogP contribution is -2.47. The molecule has 1 aromatic rings. The van der Waals surface area contributed by atoms with Crippen LogP contribution in [0.15, 0.2) is 18.2 Å². The predicted molar refractivity (Wildman–Crippen MR) is 86.3 cm³/mol. The maximum Gasteiger partial charge on any atom is 0.255 e. The van der Waals surface area contributed by atoms with Crippen LogP contribution in [-0.2, 0) is 4.79 Å². The summed E-state index contributed by atoms with van der Waals surface area (Å²) in [5, 5.41) is 0.927. The third-order valence-electron chi connectivity index (χ3n) is 4.46. The maximum absolute atomic E-state index is 12.6. The minimum atomic E-state index is -0.0845. The van der Waals surface area contributed by atoms with E-state index in [-0.39, 0.29) is 17.9 Å². The fraction of sp³-hybridized carbons (Fsp3) is 0.500. The lowest BCUT2D eigenvalue weighted by Gasteiger charge is -2.36. The molecule has 2 amide bonds. The Balaban J connectivity index is 1.64. The number of amides is 2. The van der Waals surface area contributed by atoms with Crippen molar-refractivity contribution in [3.63, 3.8) is 0 Å². The van der Waals surface area contributed by atoms with Crippen LogP contribution < -0.4 is 0 Å². The number of carbonyl (C=O) groups is 2. The molecule has 6 heteroatoms. The number of nitrogens with zero attached hydrogens (tertiary/aromatic N) is 2. The van der Waals surface area contributed by atoms with Crippen molar-refractivity contribution in [2.75, 3.05) is 19.6 Å². The Hall–Kier alpha value is -1.26. The maximum atomic E-state index is 12.6. The zero-order chi connectivity index (χ0) is 15.7. The second-order valence-electron chi connectivity index (χ2n) is 5.84. The molecule has 0 radical (unpaired) electrons. The molecule has 0 N–H and O–H groups in total. The molecule has 2 heterocycles. The molecule has 2 fully saturated rings. The molecule has 4 nitrogen and oxygen atoms in total. The van der Waals surface area contributed by atoms with Gasteiger partial charge < -0.3 is 9.80 Å². The van der Waals surface area contributed by atoms with Crippen molar-refractivity contribution < 1.29 is 9.59 Å². The van der Waals surface area contributed by atoms with Crippen LogP contribution in [0.5, 0.6) is 0 Å². The first-order chi connectivity index (χ1) is 10.6. The number of hydrogen-bond donors (Lipinski definition) is 0. The Morgan fingerprint density at radius 2 is 1.86 bits per heavy atom. The Kier molecular flexibility index (Phi) is 4.59. The monoisotopic (exact) mass is 340 g/mol. The summed E-state index contributed by atoms with van der Waals surface area (Å²) < 4.78 is 0. The van der Waals surface area contributed by atoms with E-state index in [1.165, 1.54) is 0 Å². The summed E-state index contributed by atoms with van der Waals surface area (Å²) in [5.41, 5.74) is 0.449. The third-order valence-corrected chi connectivity index (χ3v) is 5.03. The van der Waals surface area contributed by atoms with Crippen molar-refractivity contribution in [2.24, 2.45) is 0 Å². The van der Waals surface area contributed by atoms with E-state index in [0.717, 1.165) is 25.8 Å². The molecular formula is C16H18Cl2N2O2. The summed E-state index contributed by atoms with van der Waals surface area (Å²) in [4.78, 5) is 28.2. The van der Waals surface area contributed by atoms with E-state index in [1.807, 2.05) is 4.90 Å². The van der Waals surface area contributed by atoms with E-state index in [1.54, 1.807) is 23.1 Å². The van der Waals surface area contributed by atoms with E-state index < -0.39 is 0 Å². The molecule has 1 aromatic carbocycles. The van der Waals surface area contributed by atoms with Crippen LogP contribution in [0.2, 0.25) is 10.0 Å². The van der Waals surface area contributed by atoms with Crippen molar-refractivity contribution in [1.82, 2.24) is 9.80 Å². The lowest BCUT2D eigenvalue weighted by atomic mass is 10.0. The minimum absolute atomic E-state index is 0.0845. The van der Waals surface area contributed by atoms with Crippen molar-refractivity contribution >= 4 is 35.0 Å². The zero-order valence-electron chi connectivity index (χ0n) is 12.2. The first-order valence-corrected chi connectivity index (χ1v) is 8.35. The van der Waals surface area contributed by atoms with Gasteiger partial charge >= 0.3 is 0 Å². The van der Waals surface area contributed by atoms with Crippen molar-refractivity contribution in [1.29, 1.82) is 0 Å². The van der Waals surface area contributed by atoms with Gasteiger partial charge in [0.25, 0.3) is 5.91 Å². The molecule has 2 aliphatic rings. The average molecular weight is 341 g/mol. The molecule has 0 atom stereocenters. The number of rotatable bonds is 2. The number of benzene rings is 1. The number of halogens is 2. The van der Waals surface area contributed by atoms with Crippen LogP contribution in [0.1, 0.15) is 36.0 Å². The zero-order valence-corrected chi connectivity index (χ0v) is 13.7. The van der Waals surface area contributed by atoms with Gasteiger partial charge in [0.05, 0.1) is 10.6 Å². The van der Waals surface area contributed by atoms with Crippen molar-refractivity contribution in [2.45, 2.75) is 31.7 Å². The molecule has 118 valence electrons. The number of likely N-dealkylation sites (tertiary alicyclic amines) is 2. The van der Waals surface area contributed by atoms with Gasteiger partial charge in [-0.3, -0.25) is 9.59 Å². The molecule has 0 saturated carbocycles. The average Bonchev–Trinajstić information content (AvgIpc) is 2.95. The van der Waals surface area contributed by atoms with Gasteiger partial charge in [0.15, 0.2) is 0 Å². The summed E-state index contributed by atoms with van der Waals surface area (Å²) in [7, 11) is 0. The quantitative estimate of drug-likeness (QED) is 0.829. The third kappa shape index (κ3) is 3.08. The molecule has 0 aliphatic carbocycles. The van der Waals surface area contributed by atoms with Gasteiger partial charge in [-0.1, -0.05) is 23.2 Å². The fourth-order valence-electron chi connectivity index (χ4n) is 3.27. The van der Waals surface area contributed by atoms with Crippen LogP contribution in [-0.4, -0.2) is 47.3 Å². The lowest BCUT2D eigenvalue weighted by molar-refractivity contribution is -0.130. The van der Waals surface area contributed by atoms with Crippen LogP contribution in [0.4, 0.5) is 0 Å². The highest BCUT2D eigenvalue weighted by atomic mass is 35.5. The predicted octanol–water partition coefficient (Wildman–Crippen LogP) is 3.22. The van der Waals surface area contributed by atoms with E-state index in [2.05, 4.69) is 0 Å². The highest BCUT2D eigenvalue weighted by Gasteiger charge is 2.32. The molecule has 2 saturated heterocycles. The van der Waals surface area contributed by atoms with E-state index in [0.29, 0.717) is 35.1 Å². The van der Waals surface area contributed by atoms with Gasteiger partial charge in [-0.25, -0.2) is 0 Å². The number of hydrogen-bond acceptors (Lipinski definition) is 2. The fourth-order valence-corrected chi connectivity index (χ4v) is 3.64. The molecule has 0 unspecified atom stereocenters. The summed E-state index contributed by atoms with van der Waals surface area (Å²) >= 11 is 12.1. The molecule has 0 bridgehead atoms. The number of carbonyl (C=O) groups excluding carboxylic acids is 2. The van der Waals surface area contributed by atoms with Crippen LogP contribution >= 0.6 is 23.2 Å². The summed E-state index contributed by atoms with van der Waals surface area (Å²) in [6.45, 7) is 2.16. The minimum Gasteiger partial charge on any atom is -0.340 e. The van der Waals surface area contributed by atoms with Crippen molar-refractivity contribution in [3.05, 3.63) is 33.8 Å². The Labute approximate surface area is 140 Å². The van der Waals surface area contributed by atoms with Crippen LogP contribution in [0, 0.1) is 0 Å². The van der Waals surface area contributed by atoms with Crippen LogP contribution in [0.25, 0.3) is 0 Å². The van der Waals surface area contributed by atoms with Gasteiger partial charge in [-0.2, -0.15) is 0 Å². The standard InChI is InChI=1S/C16H18Cl2N2O2/c17-11-3-4-14(18)13(10-11)16(22)19-8-5-12(6-9-19)20-7-1-2-15(20)21/h3-4,10,12H,1-2,5-9H2. The van der Waals surface area contributed by atoms with E-state index in [9.17, 15) is 9.59 Å². The number of piperidine rings is 1. The molecule has 3 rings (SSSR count). The van der Waals surface area contributed by atoms with Gasteiger partial charge in [-0.15, -0.1) is 0 Å². The first kappa shape index (κ1) is 15.6. The molecule has 0 aromatic heterocycles. The topological polar surface area (TPSA) is 40.6 Å². The first-order valence-electron chi connectivity index (χ1n) is 7.60.